The van der Waals surface area contributed by atoms with Gasteiger partial charge in [0.1, 0.15) is 12.6 Å². The Morgan fingerprint density at radius 3 is 2.57 bits per heavy atom. The average Bonchev–Trinajstić information content (AvgIpc) is 2.55. The highest BCUT2D eigenvalue weighted by atomic mass is 32.2. The van der Waals surface area contributed by atoms with Crippen molar-refractivity contribution < 1.29 is 19.1 Å². The number of nitrogens with one attached hydrogen (secondary N) is 2. The van der Waals surface area contributed by atoms with E-state index in [1.807, 2.05) is 36.6 Å². The van der Waals surface area contributed by atoms with Gasteiger partial charge >= 0.3 is 6.09 Å². The molecule has 0 saturated heterocycles. The Balaban J connectivity index is 2.49. The van der Waals surface area contributed by atoms with E-state index in [0.29, 0.717) is 12.2 Å². The Morgan fingerprint density at radius 2 is 1.96 bits per heavy atom. The number of amides is 3. The fourth-order valence-electron chi connectivity index (χ4n) is 1.71. The van der Waals surface area contributed by atoms with Crippen LogP contribution >= 0.6 is 11.8 Å². The Bertz CT molecular complexity index is 525. The van der Waals surface area contributed by atoms with E-state index in [1.54, 1.807) is 11.8 Å². The molecule has 0 radical (unpaired) electrons. The van der Waals surface area contributed by atoms with E-state index in [4.69, 9.17) is 10.5 Å². The maximum atomic E-state index is 12.0. The van der Waals surface area contributed by atoms with E-state index in [0.717, 1.165) is 5.56 Å². The summed E-state index contributed by atoms with van der Waals surface area (Å²) in [6, 6.07) is 8.44. The lowest BCUT2D eigenvalue weighted by Crippen LogP contribution is -2.48. The predicted molar refractivity (Wildman–Crippen MR) is 88.8 cm³/mol. The second-order valence-electron chi connectivity index (χ2n) is 4.72. The minimum atomic E-state index is -0.773. The highest BCUT2D eigenvalue weighted by Gasteiger charge is 2.21. The van der Waals surface area contributed by atoms with Crippen LogP contribution < -0.4 is 16.4 Å². The third kappa shape index (κ3) is 8.10. The van der Waals surface area contributed by atoms with Gasteiger partial charge in [-0.3, -0.25) is 9.59 Å². The van der Waals surface area contributed by atoms with Gasteiger partial charge in [-0.2, -0.15) is 11.8 Å². The number of hydrogen-bond acceptors (Lipinski definition) is 5. The topological polar surface area (TPSA) is 111 Å². The zero-order valence-electron chi connectivity index (χ0n) is 12.9. The van der Waals surface area contributed by atoms with Crippen LogP contribution in [0, 0.1) is 0 Å². The Hall–Kier alpha value is -2.22. The molecule has 0 heterocycles. The maximum Gasteiger partial charge on any atom is 0.408 e. The minimum Gasteiger partial charge on any atom is -0.445 e. The lowest BCUT2D eigenvalue weighted by Gasteiger charge is -2.17. The zero-order chi connectivity index (χ0) is 17.1. The first kappa shape index (κ1) is 18.8. The van der Waals surface area contributed by atoms with E-state index in [9.17, 15) is 14.4 Å². The first-order valence-electron chi connectivity index (χ1n) is 7.05. The molecule has 23 heavy (non-hydrogen) atoms. The van der Waals surface area contributed by atoms with Crippen molar-refractivity contribution in [2.75, 3.05) is 18.6 Å². The summed E-state index contributed by atoms with van der Waals surface area (Å²) in [5.74, 6) is -0.434. The normalized spacial score (nSPS) is 11.3. The molecule has 0 bridgehead atoms. The fourth-order valence-corrected chi connectivity index (χ4v) is 2.18. The van der Waals surface area contributed by atoms with Crippen LogP contribution in [0.5, 0.6) is 0 Å². The van der Waals surface area contributed by atoms with E-state index >= 15 is 0 Å². The Kier molecular flexibility index (Phi) is 8.59. The highest BCUT2D eigenvalue weighted by Crippen LogP contribution is 2.04. The molecule has 0 spiro atoms. The van der Waals surface area contributed by atoms with Crippen LogP contribution in [0.1, 0.15) is 12.0 Å². The molecule has 0 fully saturated rings. The monoisotopic (exact) mass is 339 g/mol. The number of nitrogens with two attached hydrogens (primary N) is 1. The molecule has 1 aromatic carbocycles. The van der Waals surface area contributed by atoms with Crippen LogP contribution in [0.25, 0.3) is 0 Å². The van der Waals surface area contributed by atoms with Crippen molar-refractivity contribution in [3.05, 3.63) is 35.9 Å². The van der Waals surface area contributed by atoms with Crippen LogP contribution in [0.2, 0.25) is 0 Å². The van der Waals surface area contributed by atoms with Crippen molar-refractivity contribution in [3.8, 4) is 0 Å². The molecule has 1 rings (SSSR count). The molecule has 0 aromatic heterocycles. The molecule has 0 aliphatic heterocycles. The Morgan fingerprint density at radius 1 is 1.26 bits per heavy atom. The predicted octanol–water partition coefficient (Wildman–Crippen LogP) is 0.636. The zero-order valence-corrected chi connectivity index (χ0v) is 13.7. The number of carbonyl (C=O) groups excluding carboxylic acids is 3. The molecule has 1 unspecified atom stereocenters. The molecule has 3 amide bonds. The summed E-state index contributed by atoms with van der Waals surface area (Å²) in [5.41, 5.74) is 5.83. The van der Waals surface area contributed by atoms with E-state index in [2.05, 4.69) is 10.6 Å². The number of hydrogen-bond donors (Lipinski definition) is 3. The van der Waals surface area contributed by atoms with Gasteiger partial charge in [-0.25, -0.2) is 4.79 Å². The van der Waals surface area contributed by atoms with Gasteiger partial charge in [-0.15, -0.1) is 0 Å². The van der Waals surface area contributed by atoms with Crippen LogP contribution in [0.15, 0.2) is 30.3 Å². The number of alkyl carbamates (subject to hydrolysis) is 1. The second kappa shape index (κ2) is 10.5. The number of carbonyl (C=O) groups is 3. The third-order valence-electron chi connectivity index (χ3n) is 2.87. The number of thioether (sulfide) groups is 1. The van der Waals surface area contributed by atoms with Gasteiger partial charge in [0, 0.05) is 0 Å². The van der Waals surface area contributed by atoms with Crippen molar-refractivity contribution in [1.29, 1.82) is 0 Å². The van der Waals surface area contributed by atoms with Crippen molar-refractivity contribution in [1.82, 2.24) is 10.6 Å². The third-order valence-corrected chi connectivity index (χ3v) is 3.51. The van der Waals surface area contributed by atoms with Crippen LogP contribution in [-0.4, -0.2) is 42.5 Å². The second-order valence-corrected chi connectivity index (χ2v) is 5.71. The highest BCUT2D eigenvalue weighted by molar-refractivity contribution is 7.98. The van der Waals surface area contributed by atoms with E-state index in [-0.39, 0.29) is 13.2 Å². The minimum absolute atomic E-state index is 0.116. The molecule has 126 valence electrons. The molecule has 0 saturated carbocycles. The molecule has 1 aromatic rings. The van der Waals surface area contributed by atoms with Gasteiger partial charge < -0.3 is 21.1 Å². The molecule has 8 heteroatoms. The first-order chi connectivity index (χ1) is 11.0. The molecule has 0 aliphatic rings. The summed E-state index contributed by atoms with van der Waals surface area (Å²) in [5, 5.41) is 4.88. The maximum absolute atomic E-state index is 12.0. The lowest BCUT2D eigenvalue weighted by atomic mass is 10.2. The number of benzene rings is 1. The van der Waals surface area contributed by atoms with Crippen molar-refractivity contribution in [2.24, 2.45) is 5.73 Å². The van der Waals surface area contributed by atoms with Crippen LogP contribution in [0.3, 0.4) is 0 Å². The summed E-state index contributed by atoms with van der Waals surface area (Å²) >= 11 is 1.55. The Labute approximate surface area is 139 Å². The van der Waals surface area contributed by atoms with Crippen molar-refractivity contribution >= 4 is 29.7 Å². The van der Waals surface area contributed by atoms with Crippen LogP contribution in [0.4, 0.5) is 4.79 Å². The number of rotatable bonds is 9. The van der Waals surface area contributed by atoms with Crippen molar-refractivity contribution in [2.45, 2.75) is 19.1 Å². The average molecular weight is 339 g/mol. The standard InChI is InChI=1S/C15H21N3O4S/c1-23-8-7-12(14(20)17-9-13(16)19)18-15(21)22-10-11-5-3-2-4-6-11/h2-6,12H,7-10H2,1H3,(H2,16,19)(H,17,20)(H,18,21). The summed E-state index contributed by atoms with van der Waals surface area (Å²) in [4.78, 5) is 34.5. The fraction of sp³-hybridized carbons (Fsp3) is 0.400. The van der Waals surface area contributed by atoms with Gasteiger partial charge in [0.2, 0.25) is 11.8 Å². The molecule has 4 N–H and O–H groups in total. The number of ether oxygens (including phenoxy) is 1. The molecule has 7 nitrogen and oxygen atoms in total. The summed E-state index contributed by atoms with van der Waals surface area (Å²) in [7, 11) is 0. The van der Waals surface area contributed by atoms with E-state index < -0.39 is 23.9 Å². The smallest absolute Gasteiger partial charge is 0.408 e. The van der Waals surface area contributed by atoms with Crippen molar-refractivity contribution in [3.63, 3.8) is 0 Å². The lowest BCUT2D eigenvalue weighted by molar-refractivity contribution is -0.126. The molecule has 0 aliphatic carbocycles. The first-order valence-corrected chi connectivity index (χ1v) is 8.44. The van der Waals surface area contributed by atoms with Gasteiger partial charge in [0.25, 0.3) is 0 Å². The molecular formula is C15H21N3O4S. The summed E-state index contributed by atoms with van der Waals surface area (Å²) in [6.07, 6.45) is 1.63. The molecular weight excluding hydrogens is 318 g/mol. The van der Waals surface area contributed by atoms with Gasteiger partial charge in [-0.05, 0) is 24.0 Å². The largest absolute Gasteiger partial charge is 0.445 e. The SMILES string of the molecule is CSCCC(NC(=O)OCc1ccccc1)C(=O)NCC(N)=O. The van der Waals surface area contributed by atoms with E-state index in [1.165, 1.54) is 0 Å². The quantitative estimate of drug-likeness (QED) is 0.611. The number of primary amides is 1. The van der Waals surface area contributed by atoms with Crippen LogP contribution in [-0.2, 0) is 20.9 Å². The summed E-state index contributed by atoms with van der Waals surface area (Å²) in [6.45, 7) is -0.153. The van der Waals surface area contributed by atoms with Gasteiger partial charge in [-0.1, -0.05) is 30.3 Å². The summed E-state index contributed by atoms with van der Waals surface area (Å²) < 4.78 is 5.09. The van der Waals surface area contributed by atoms with Gasteiger partial charge in [0.15, 0.2) is 0 Å². The molecule has 1 atom stereocenters. The van der Waals surface area contributed by atoms with Gasteiger partial charge in [0.05, 0.1) is 6.54 Å².